The van der Waals surface area contributed by atoms with Gasteiger partial charge >= 0.3 is 0 Å². The minimum atomic E-state index is 0.512. The Bertz CT molecular complexity index is 628. The summed E-state index contributed by atoms with van der Waals surface area (Å²) >= 11 is 0. The number of nitrogens with two attached hydrogens (primary N) is 1. The molecule has 1 aliphatic rings. The van der Waals surface area contributed by atoms with E-state index in [0.29, 0.717) is 11.7 Å². The summed E-state index contributed by atoms with van der Waals surface area (Å²) in [6, 6.07) is 8.40. The monoisotopic (exact) mass is 268 g/mol. The van der Waals surface area contributed by atoms with E-state index in [9.17, 15) is 0 Å². The van der Waals surface area contributed by atoms with Gasteiger partial charge in [0.1, 0.15) is 11.6 Å². The summed E-state index contributed by atoms with van der Waals surface area (Å²) in [6.07, 6.45) is 2.36. The molecule has 1 fully saturated rings. The van der Waals surface area contributed by atoms with E-state index in [4.69, 9.17) is 10.7 Å². The Morgan fingerprint density at radius 1 is 1.10 bits per heavy atom. The molecule has 0 amide bonds. The number of hydrogen-bond acceptors (Lipinski definition) is 4. The van der Waals surface area contributed by atoms with Gasteiger partial charge in [-0.15, -0.1) is 0 Å². The molecule has 1 aromatic carbocycles. The molecule has 1 aromatic heterocycles. The van der Waals surface area contributed by atoms with E-state index < -0.39 is 0 Å². The Balaban J connectivity index is 2.04. The van der Waals surface area contributed by atoms with Crippen molar-refractivity contribution < 1.29 is 0 Å². The van der Waals surface area contributed by atoms with Crippen molar-refractivity contribution in [2.45, 2.75) is 25.7 Å². The lowest BCUT2D eigenvalue weighted by Gasteiger charge is -2.14. The highest BCUT2D eigenvalue weighted by Crippen LogP contribution is 2.39. The number of nitrogen functional groups attached to an aromatic ring is 1. The molecule has 4 heteroatoms. The van der Waals surface area contributed by atoms with Crippen molar-refractivity contribution in [1.29, 1.82) is 0 Å². The van der Waals surface area contributed by atoms with Crippen LogP contribution in [-0.2, 0) is 0 Å². The summed E-state index contributed by atoms with van der Waals surface area (Å²) in [4.78, 5) is 11.2. The lowest BCUT2D eigenvalue weighted by molar-refractivity contribution is 0.928. The molecule has 4 nitrogen and oxygen atoms in total. The van der Waals surface area contributed by atoms with Gasteiger partial charge in [0.05, 0.1) is 5.69 Å². The normalized spacial score (nSPS) is 14.3. The van der Waals surface area contributed by atoms with Crippen LogP contribution in [0.1, 0.15) is 30.1 Å². The average Bonchev–Trinajstić information content (AvgIpc) is 3.26. The van der Waals surface area contributed by atoms with E-state index in [0.717, 1.165) is 22.6 Å². The van der Waals surface area contributed by atoms with Crippen molar-refractivity contribution in [3.8, 4) is 11.3 Å². The number of aromatic nitrogens is 2. The zero-order chi connectivity index (χ0) is 14.3. The molecule has 0 saturated heterocycles. The van der Waals surface area contributed by atoms with Crippen molar-refractivity contribution in [2.75, 3.05) is 24.7 Å². The van der Waals surface area contributed by atoms with E-state index in [1.165, 1.54) is 18.5 Å². The zero-order valence-electron chi connectivity index (χ0n) is 12.2. The molecule has 0 atom stereocenters. The summed E-state index contributed by atoms with van der Waals surface area (Å²) in [5, 5.41) is 0. The number of anilines is 2. The molecule has 104 valence electrons. The maximum absolute atomic E-state index is 6.04. The fourth-order valence-corrected chi connectivity index (χ4v) is 2.27. The first-order chi connectivity index (χ1) is 9.56. The Labute approximate surface area is 119 Å². The van der Waals surface area contributed by atoms with Crippen LogP contribution in [0.5, 0.6) is 0 Å². The predicted octanol–water partition coefficient (Wildman–Crippen LogP) is 2.98. The molecule has 20 heavy (non-hydrogen) atoms. The van der Waals surface area contributed by atoms with Crippen LogP contribution in [0, 0.1) is 6.92 Å². The maximum atomic E-state index is 6.04. The minimum absolute atomic E-state index is 0.512. The first-order valence-electron chi connectivity index (χ1n) is 6.98. The van der Waals surface area contributed by atoms with Crippen molar-refractivity contribution in [2.24, 2.45) is 0 Å². The van der Waals surface area contributed by atoms with E-state index >= 15 is 0 Å². The van der Waals surface area contributed by atoms with Crippen molar-refractivity contribution in [1.82, 2.24) is 9.97 Å². The van der Waals surface area contributed by atoms with Gasteiger partial charge < -0.3 is 10.6 Å². The number of hydrogen-bond donors (Lipinski definition) is 1. The van der Waals surface area contributed by atoms with Gasteiger partial charge in [-0.3, -0.25) is 0 Å². The van der Waals surface area contributed by atoms with Crippen LogP contribution in [0.2, 0.25) is 0 Å². The first kappa shape index (κ1) is 12.9. The van der Waals surface area contributed by atoms with Crippen LogP contribution in [0.4, 0.5) is 11.5 Å². The number of nitrogens with zero attached hydrogens (tertiary/aromatic N) is 3. The van der Waals surface area contributed by atoms with Gasteiger partial charge in [-0.25, -0.2) is 9.97 Å². The van der Waals surface area contributed by atoms with Gasteiger partial charge in [-0.2, -0.15) is 0 Å². The van der Waals surface area contributed by atoms with E-state index in [1.807, 2.05) is 21.0 Å². The first-order valence-corrected chi connectivity index (χ1v) is 6.98. The highest BCUT2D eigenvalue weighted by atomic mass is 15.1. The molecule has 1 saturated carbocycles. The molecule has 1 aliphatic carbocycles. The number of rotatable bonds is 3. The lowest BCUT2D eigenvalue weighted by Crippen LogP contribution is -2.08. The van der Waals surface area contributed by atoms with Crippen molar-refractivity contribution in [3.05, 3.63) is 35.7 Å². The van der Waals surface area contributed by atoms with Crippen molar-refractivity contribution >= 4 is 11.5 Å². The second-order valence-corrected chi connectivity index (χ2v) is 5.66. The topological polar surface area (TPSA) is 55.0 Å². The molecule has 3 rings (SSSR count). The van der Waals surface area contributed by atoms with Crippen molar-refractivity contribution in [3.63, 3.8) is 0 Å². The minimum Gasteiger partial charge on any atom is -0.383 e. The van der Waals surface area contributed by atoms with E-state index in [2.05, 4.69) is 34.1 Å². The Morgan fingerprint density at radius 2 is 1.75 bits per heavy atom. The van der Waals surface area contributed by atoms with Crippen LogP contribution in [0.3, 0.4) is 0 Å². The Morgan fingerprint density at radius 3 is 2.30 bits per heavy atom. The maximum Gasteiger partial charge on any atom is 0.134 e. The lowest BCUT2D eigenvalue weighted by atomic mass is 10.1. The van der Waals surface area contributed by atoms with Crippen LogP contribution >= 0.6 is 0 Å². The Hall–Kier alpha value is -2.10. The molecular formula is C16H20N4. The van der Waals surface area contributed by atoms with Crippen LogP contribution in [-0.4, -0.2) is 24.1 Å². The summed E-state index contributed by atoms with van der Waals surface area (Å²) in [7, 11) is 4.07. The third-order valence-corrected chi connectivity index (χ3v) is 3.80. The molecule has 2 aromatic rings. The highest BCUT2D eigenvalue weighted by molar-refractivity contribution is 5.69. The summed E-state index contributed by atoms with van der Waals surface area (Å²) in [5.41, 5.74) is 10.2. The molecule has 0 aliphatic heterocycles. The largest absolute Gasteiger partial charge is 0.383 e. The van der Waals surface area contributed by atoms with Gasteiger partial charge in [0, 0.05) is 36.8 Å². The second kappa shape index (κ2) is 4.78. The third-order valence-electron chi connectivity index (χ3n) is 3.80. The average molecular weight is 268 g/mol. The summed E-state index contributed by atoms with van der Waals surface area (Å²) in [5.74, 6) is 2.02. The van der Waals surface area contributed by atoms with Crippen LogP contribution < -0.4 is 10.6 Å². The highest BCUT2D eigenvalue weighted by Gasteiger charge is 2.28. The molecule has 0 spiro atoms. The molecule has 0 unspecified atom stereocenters. The second-order valence-electron chi connectivity index (χ2n) is 5.66. The fourth-order valence-electron chi connectivity index (χ4n) is 2.27. The summed E-state index contributed by atoms with van der Waals surface area (Å²) < 4.78 is 0. The fraction of sp³-hybridized carbons (Fsp3) is 0.375. The molecule has 2 N–H and O–H groups in total. The van der Waals surface area contributed by atoms with Gasteiger partial charge in [-0.1, -0.05) is 12.1 Å². The smallest absolute Gasteiger partial charge is 0.134 e. The predicted molar refractivity (Wildman–Crippen MR) is 82.9 cm³/mol. The molecular weight excluding hydrogens is 248 g/mol. The third kappa shape index (κ3) is 2.33. The SMILES string of the molecule is Cc1c(N)nc(C2CC2)nc1-c1ccc(N(C)C)cc1. The Kier molecular flexibility index (Phi) is 3.08. The molecule has 0 radical (unpaired) electrons. The van der Waals surface area contributed by atoms with E-state index in [-0.39, 0.29) is 0 Å². The van der Waals surface area contributed by atoms with Crippen LogP contribution in [0.15, 0.2) is 24.3 Å². The van der Waals surface area contributed by atoms with Gasteiger partial charge in [0.2, 0.25) is 0 Å². The zero-order valence-corrected chi connectivity index (χ0v) is 12.2. The van der Waals surface area contributed by atoms with E-state index in [1.54, 1.807) is 0 Å². The summed E-state index contributed by atoms with van der Waals surface area (Å²) in [6.45, 7) is 1.99. The van der Waals surface area contributed by atoms with Gasteiger partial charge in [0.25, 0.3) is 0 Å². The van der Waals surface area contributed by atoms with Gasteiger partial charge in [0.15, 0.2) is 0 Å². The van der Waals surface area contributed by atoms with Gasteiger partial charge in [-0.05, 0) is 31.9 Å². The molecule has 1 heterocycles. The van der Waals surface area contributed by atoms with Crippen LogP contribution in [0.25, 0.3) is 11.3 Å². The molecule has 0 bridgehead atoms. The number of benzene rings is 1. The quantitative estimate of drug-likeness (QED) is 0.929. The standard InChI is InChI=1S/C16H20N4/c1-10-14(11-6-8-13(9-7-11)20(2)3)18-16(12-4-5-12)19-15(10)17/h6-9,12H,4-5H2,1-3H3,(H2,17,18,19).